The van der Waals surface area contributed by atoms with Gasteiger partial charge in [-0.15, -0.1) is 0 Å². The Kier molecular flexibility index (Phi) is 4.16. The van der Waals surface area contributed by atoms with Crippen LogP contribution < -0.4 is 4.74 Å². The molecule has 0 saturated carbocycles. The normalized spacial score (nSPS) is 15.2. The molecule has 0 atom stereocenters. The van der Waals surface area contributed by atoms with E-state index in [-0.39, 0.29) is 12.0 Å². The van der Waals surface area contributed by atoms with Crippen molar-refractivity contribution in [2.75, 3.05) is 13.1 Å². The van der Waals surface area contributed by atoms with Crippen molar-refractivity contribution in [3.8, 4) is 5.75 Å². The van der Waals surface area contributed by atoms with Gasteiger partial charge in [-0.1, -0.05) is 18.2 Å². The Labute approximate surface area is 162 Å². The molecule has 0 spiro atoms. The molecule has 4 aromatic rings. The van der Waals surface area contributed by atoms with Crippen molar-refractivity contribution in [3.63, 3.8) is 0 Å². The quantitative estimate of drug-likeness (QED) is 0.594. The van der Waals surface area contributed by atoms with Crippen LogP contribution in [0.4, 0.5) is 0 Å². The van der Waals surface area contributed by atoms with Crippen molar-refractivity contribution >= 4 is 27.8 Å². The van der Waals surface area contributed by atoms with Gasteiger partial charge in [-0.25, -0.2) is 4.98 Å². The third-order valence-electron chi connectivity index (χ3n) is 5.25. The van der Waals surface area contributed by atoms with Crippen LogP contribution in [-0.2, 0) is 0 Å². The lowest BCUT2D eigenvalue weighted by atomic mass is 10.1. The molecule has 6 nitrogen and oxygen atoms in total. The van der Waals surface area contributed by atoms with Crippen molar-refractivity contribution in [2.24, 2.45) is 0 Å². The number of nitrogens with one attached hydrogen (secondary N) is 1. The van der Waals surface area contributed by atoms with Gasteiger partial charge in [0.1, 0.15) is 17.5 Å². The number of benzene rings is 2. The zero-order valence-electron chi connectivity index (χ0n) is 15.3. The number of aromatic amines is 1. The summed E-state index contributed by atoms with van der Waals surface area (Å²) in [4.78, 5) is 26.7. The van der Waals surface area contributed by atoms with E-state index in [2.05, 4.69) is 15.0 Å². The van der Waals surface area contributed by atoms with Crippen molar-refractivity contribution in [2.45, 2.75) is 18.9 Å². The molecule has 2 aromatic carbocycles. The second-order valence-corrected chi connectivity index (χ2v) is 7.05. The fourth-order valence-electron chi connectivity index (χ4n) is 3.74. The highest BCUT2D eigenvalue weighted by Gasteiger charge is 2.26. The van der Waals surface area contributed by atoms with Gasteiger partial charge in [0.2, 0.25) is 0 Å². The van der Waals surface area contributed by atoms with E-state index >= 15 is 0 Å². The van der Waals surface area contributed by atoms with Crippen LogP contribution in [0.3, 0.4) is 0 Å². The molecule has 0 radical (unpaired) electrons. The second-order valence-electron chi connectivity index (χ2n) is 7.05. The molecule has 1 amide bonds. The van der Waals surface area contributed by atoms with Gasteiger partial charge in [-0.2, -0.15) is 0 Å². The maximum Gasteiger partial charge on any atom is 0.274 e. The highest BCUT2D eigenvalue weighted by molar-refractivity contribution is 5.93. The van der Waals surface area contributed by atoms with E-state index < -0.39 is 0 Å². The molecule has 28 heavy (non-hydrogen) atoms. The number of para-hydroxylation sites is 2. The predicted molar refractivity (Wildman–Crippen MR) is 107 cm³/mol. The lowest BCUT2D eigenvalue weighted by molar-refractivity contribution is 0.0592. The highest BCUT2D eigenvalue weighted by Crippen LogP contribution is 2.27. The van der Waals surface area contributed by atoms with Gasteiger partial charge in [0.05, 0.1) is 17.2 Å². The Bertz CT molecular complexity index is 1150. The molecule has 0 unspecified atom stereocenters. The lowest BCUT2D eigenvalue weighted by Gasteiger charge is -2.32. The fraction of sp³-hybridized carbons (Fsp3) is 0.227. The molecule has 0 aliphatic carbocycles. The number of hydrogen-bond donors (Lipinski definition) is 1. The summed E-state index contributed by atoms with van der Waals surface area (Å²) in [6.07, 6.45) is 5.19. The van der Waals surface area contributed by atoms with Gasteiger partial charge >= 0.3 is 0 Å². The van der Waals surface area contributed by atoms with Crippen LogP contribution in [0.5, 0.6) is 5.75 Å². The number of fused-ring (bicyclic) bond motifs is 2. The first kappa shape index (κ1) is 16.7. The Balaban J connectivity index is 1.26. The molecular formula is C22H20N4O2. The van der Waals surface area contributed by atoms with Crippen molar-refractivity contribution in [3.05, 3.63) is 66.6 Å². The van der Waals surface area contributed by atoms with Gasteiger partial charge < -0.3 is 14.6 Å². The Hall–Kier alpha value is -3.41. The maximum absolute atomic E-state index is 12.8. The van der Waals surface area contributed by atoms with Gasteiger partial charge in [0.25, 0.3) is 5.91 Å². The third-order valence-corrected chi connectivity index (χ3v) is 5.25. The van der Waals surface area contributed by atoms with Crippen LogP contribution in [0.2, 0.25) is 0 Å². The maximum atomic E-state index is 12.8. The SMILES string of the molecule is O=C(c1cnc2ccccc2n1)N1CCC(Oc2cccc3[nH]ccc23)CC1. The highest BCUT2D eigenvalue weighted by atomic mass is 16.5. The Morgan fingerprint density at radius 1 is 1.04 bits per heavy atom. The molecule has 1 saturated heterocycles. The molecule has 5 rings (SSSR count). The van der Waals surface area contributed by atoms with Gasteiger partial charge in [0.15, 0.2) is 0 Å². The number of nitrogens with zero attached hydrogens (tertiary/aromatic N) is 3. The molecule has 2 aromatic heterocycles. The van der Waals surface area contributed by atoms with Gasteiger partial charge in [0, 0.05) is 43.0 Å². The third kappa shape index (κ3) is 3.07. The molecular weight excluding hydrogens is 352 g/mol. The van der Waals surface area contributed by atoms with Crippen molar-refractivity contribution in [1.29, 1.82) is 0 Å². The predicted octanol–water partition coefficient (Wildman–Crippen LogP) is 3.79. The summed E-state index contributed by atoms with van der Waals surface area (Å²) in [5.41, 5.74) is 3.01. The number of likely N-dealkylation sites (tertiary alicyclic amines) is 1. The zero-order chi connectivity index (χ0) is 18.9. The number of aromatic nitrogens is 3. The molecule has 6 heteroatoms. The molecule has 1 aliphatic rings. The lowest BCUT2D eigenvalue weighted by Crippen LogP contribution is -2.42. The van der Waals surface area contributed by atoms with Crippen LogP contribution in [0, 0.1) is 0 Å². The summed E-state index contributed by atoms with van der Waals surface area (Å²) in [6, 6.07) is 15.6. The number of rotatable bonds is 3. The summed E-state index contributed by atoms with van der Waals surface area (Å²) in [6.45, 7) is 1.31. The monoisotopic (exact) mass is 372 g/mol. The first-order valence-corrected chi connectivity index (χ1v) is 9.52. The van der Waals surface area contributed by atoms with E-state index in [9.17, 15) is 4.79 Å². The summed E-state index contributed by atoms with van der Waals surface area (Å²) in [7, 11) is 0. The largest absolute Gasteiger partial charge is 0.490 e. The number of ether oxygens (including phenoxy) is 1. The number of carbonyl (C=O) groups is 1. The minimum absolute atomic E-state index is 0.0653. The number of carbonyl (C=O) groups excluding carboxylic acids is 1. The molecule has 3 heterocycles. The van der Waals surface area contributed by atoms with Crippen LogP contribution in [0.25, 0.3) is 21.9 Å². The first-order chi connectivity index (χ1) is 13.8. The van der Waals surface area contributed by atoms with Crippen LogP contribution >= 0.6 is 0 Å². The average molecular weight is 372 g/mol. The molecule has 1 aliphatic heterocycles. The topological polar surface area (TPSA) is 71.1 Å². The standard InChI is InChI=1S/C22H20N4O2/c27-22(20-14-24-18-4-1-2-5-19(18)25-20)26-12-9-15(10-13-26)28-21-7-3-6-17-16(21)8-11-23-17/h1-8,11,14-15,23H,9-10,12-13H2. The van der Waals surface area contributed by atoms with E-state index in [1.807, 2.05) is 59.6 Å². The van der Waals surface area contributed by atoms with Crippen molar-refractivity contribution in [1.82, 2.24) is 19.9 Å². The minimum atomic E-state index is -0.0653. The summed E-state index contributed by atoms with van der Waals surface area (Å²) in [5, 5.41) is 1.09. The van der Waals surface area contributed by atoms with Crippen molar-refractivity contribution < 1.29 is 9.53 Å². The summed E-state index contributed by atoms with van der Waals surface area (Å²) in [5.74, 6) is 0.827. The number of hydrogen-bond acceptors (Lipinski definition) is 4. The van der Waals surface area contributed by atoms with Crippen LogP contribution in [0.15, 0.2) is 60.9 Å². The second kappa shape index (κ2) is 6.96. The van der Waals surface area contributed by atoms with E-state index in [0.29, 0.717) is 18.8 Å². The molecule has 1 fully saturated rings. The smallest absolute Gasteiger partial charge is 0.274 e. The first-order valence-electron chi connectivity index (χ1n) is 9.52. The van der Waals surface area contributed by atoms with Crippen LogP contribution in [-0.4, -0.2) is 45.0 Å². The van der Waals surface area contributed by atoms with E-state index in [0.717, 1.165) is 40.5 Å². The number of H-pyrrole nitrogens is 1. The fourth-order valence-corrected chi connectivity index (χ4v) is 3.74. The molecule has 0 bridgehead atoms. The Morgan fingerprint density at radius 2 is 1.86 bits per heavy atom. The molecule has 1 N–H and O–H groups in total. The minimum Gasteiger partial charge on any atom is -0.490 e. The van der Waals surface area contributed by atoms with E-state index in [4.69, 9.17) is 4.74 Å². The number of piperidine rings is 1. The summed E-state index contributed by atoms with van der Waals surface area (Å²) < 4.78 is 6.23. The Morgan fingerprint density at radius 3 is 2.71 bits per heavy atom. The average Bonchev–Trinajstić information content (AvgIpc) is 3.23. The van der Waals surface area contributed by atoms with Crippen LogP contribution in [0.1, 0.15) is 23.3 Å². The number of amides is 1. The van der Waals surface area contributed by atoms with E-state index in [1.165, 1.54) is 0 Å². The zero-order valence-corrected chi connectivity index (χ0v) is 15.3. The molecule has 140 valence electrons. The van der Waals surface area contributed by atoms with E-state index in [1.54, 1.807) is 6.20 Å². The van der Waals surface area contributed by atoms with Gasteiger partial charge in [-0.3, -0.25) is 9.78 Å². The van der Waals surface area contributed by atoms with Gasteiger partial charge in [-0.05, 0) is 30.3 Å². The summed E-state index contributed by atoms with van der Waals surface area (Å²) >= 11 is 0.